The number of hydrogen-bond donors (Lipinski definition) is 0. The molecule has 0 radical (unpaired) electrons. The number of nitrogens with zero attached hydrogens (tertiary/aromatic N) is 1. The molecule has 2 rings (SSSR count). The zero-order valence-corrected chi connectivity index (χ0v) is 9.36. The monoisotopic (exact) mass is 235 g/mol. The average molecular weight is 235 g/mol. The molecule has 0 spiro atoms. The van der Waals surface area contributed by atoms with Crippen LogP contribution in [0.3, 0.4) is 0 Å². The maximum atomic E-state index is 12.9. The van der Waals surface area contributed by atoms with Crippen LogP contribution in [0.4, 0.5) is 4.39 Å². The Balaban J connectivity index is 2.54. The molecular weight excluding hydrogens is 225 g/mol. The van der Waals surface area contributed by atoms with E-state index in [1.54, 1.807) is 12.1 Å². The quantitative estimate of drug-likeness (QED) is 0.577. The Bertz CT molecular complexity index is 501. The standard InChI is InChI=1S/C12H10FNO3/c1-12(2,11(13)17)14-9(15)7-5-3-4-6-8(7)10(14)16/h3-6H,1-2H3. The summed E-state index contributed by atoms with van der Waals surface area (Å²) in [4.78, 5) is 35.4. The number of carbonyl (C=O) groups excluding carboxylic acids is 3. The van der Waals surface area contributed by atoms with Gasteiger partial charge in [-0.25, -0.2) is 0 Å². The van der Waals surface area contributed by atoms with E-state index in [1.165, 1.54) is 26.0 Å². The summed E-state index contributed by atoms with van der Waals surface area (Å²) in [6.45, 7) is 2.41. The zero-order valence-electron chi connectivity index (χ0n) is 9.36. The minimum absolute atomic E-state index is 0.201. The van der Waals surface area contributed by atoms with Crippen molar-refractivity contribution in [1.29, 1.82) is 0 Å². The summed E-state index contributed by atoms with van der Waals surface area (Å²) >= 11 is 0. The van der Waals surface area contributed by atoms with Gasteiger partial charge in [0.15, 0.2) is 0 Å². The van der Waals surface area contributed by atoms with Gasteiger partial charge in [0.1, 0.15) is 5.54 Å². The van der Waals surface area contributed by atoms with Crippen molar-refractivity contribution in [1.82, 2.24) is 4.90 Å². The number of hydrogen-bond acceptors (Lipinski definition) is 3. The van der Waals surface area contributed by atoms with Gasteiger partial charge in [-0.15, -0.1) is 0 Å². The minimum Gasteiger partial charge on any atom is -0.269 e. The summed E-state index contributed by atoms with van der Waals surface area (Å²) in [6, 6.07) is 4.46. The predicted molar refractivity (Wildman–Crippen MR) is 57.1 cm³/mol. The molecule has 1 aliphatic rings. The first-order chi connectivity index (χ1) is 7.87. The van der Waals surface area contributed by atoms with E-state index in [0.717, 1.165) is 0 Å². The lowest BCUT2D eigenvalue weighted by Gasteiger charge is -2.28. The Hall–Kier alpha value is -2.04. The van der Waals surface area contributed by atoms with Crippen LogP contribution in [0.5, 0.6) is 0 Å². The van der Waals surface area contributed by atoms with Crippen LogP contribution in [0.15, 0.2) is 24.3 Å². The number of halogens is 1. The number of amides is 2. The molecule has 0 N–H and O–H groups in total. The molecule has 5 heteroatoms. The normalized spacial score (nSPS) is 15.1. The molecule has 0 unspecified atom stereocenters. The molecule has 2 amide bonds. The number of imide groups is 1. The van der Waals surface area contributed by atoms with E-state index in [0.29, 0.717) is 4.90 Å². The highest BCUT2D eigenvalue weighted by atomic mass is 19.1. The summed E-state index contributed by atoms with van der Waals surface area (Å²) in [6.07, 6.45) is 0. The van der Waals surface area contributed by atoms with Crippen molar-refractivity contribution in [3.8, 4) is 0 Å². The van der Waals surface area contributed by atoms with E-state index in [9.17, 15) is 18.8 Å². The van der Waals surface area contributed by atoms with Crippen molar-refractivity contribution >= 4 is 17.9 Å². The third kappa shape index (κ3) is 1.46. The Labute approximate surface area is 97.0 Å². The van der Waals surface area contributed by atoms with Crippen molar-refractivity contribution in [3.63, 3.8) is 0 Å². The predicted octanol–water partition coefficient (Wildman–Crippen LogP) is 1.56. The molecule has 0 saturated carbocycles. The van der Waals surface area contributed by atoms with Gasteiger partial charge in [0.25, 0.3) is 11.8 Å². The van der Waals surface area contributed by atoms with Crippen molar-refractivity contribution in [2.24, 2.45) is 0 Å². The molecule has 0 atom stereocenters. The highest BCUT2D eigenvalue weighted by molar-refractivity contribution is 6.23. The molecule has 0 fully saturated rings. The molecule has 0 aromatic heterocycles. The summed E-state index contributed by atoms with van der Waals surface area (Å²) in [5.41, 5.74) is -1.37. The molecule has 4 nitrogen and oxygen atoms in total. The molecule has 1 heterocycles. The maximum absolute atomic E-state index is 12.9. The summed E-state index contributed by atoms with van der Waals surface area (Å²) in [7, 11) is 0. The SMILES string of the molecule is CC(C)(C(=O)F)N1C(=O)c2ccccc2C1=O. The average Bonchev–Trinajstić information content (AvgIpc) is 2.52. The second kappa shape index (κ2) is 3.48. The first-order valence-electron chi connectivity index (χ1n) is 5.05. The van der Waals surface area contributed by atoms with E-state index >= 15 is 0 Å². The van der Waals surface area contributed by atoms with Crippen LogP contribution < -0.4 is 0 Å². The summed E-state index contributed by atoms with van der Waals surface area (Å²) in [5, 5.41) is 0. The van der Waals surface area contributed by atoms with Crippen molar-refractivity contribution < 1.29 is 18.8 Å². The van der Waals surface area contributed by atoms with Gasteiger partial charge < -0.3 is 0 Å². The second-order valence-corrected chi connectivity index (χ2v) is 4.32. The first-order valence-corrected chi connectivity index (χ1v) is 5.05. The zero-order chi connectivity index (χ0) is 12.8. The lowest BCUT2D eigenvalue weighted by molar-refractivity contribution is -0.138. The van der Waals surface area contributed by atoms with Gasteiger partial charge in [0.05, 0.1) is 11.1 Å². The van der Waals surface area contributed by atoms with E-state index in [2.05, 4.69) is 0 Å². The van der Waals surface area contributed by atoms with Gasteiger partial charge in [0.2, 0.25) is 0 Å². The highest BCUT2D eigenvalue weighted by Crippen LogP contribution is 2.29. The molecule has 88 valence electrons. The molecular formula is C12H10FNO3. The number of rotatable bonds is 2. The topological polar surface area (TPSA) is 54.5 Å². The Morgan fingerprint density at radius 2 is 1.53 bits per heavy atom. The molecule has 1 aliphatic heterocycles. The third-order valence-electron chi connectivity index (χ3n) is 2.83. The number of carbonyl (C=O) groups is 3. The van der Waals surface area contributed by atoms with E-state index < -0.39 is 23.4 Å². The van der Waals surface area contributed by atoms with Crippen LogP contribution >= 0.6 is 0 Å². The smallest absolute Gasteiger partial charge is 0.269 e. The fraction of sp³-hybridized carbons (Fsp3) is 0.250. The van der Waals surface area contributed by atoms with Gasteiger partial charge in [0, 0.05) is 0 Å². The summed E-state index contributed by atoms with van der Waals surface area (Å²) in [5.74, 6) is -1.27. The van der Waals surface area contributed by atoms with Crippen LogP contribution in [0.25, 0.3) is 0 Å². The van der Waals surface area contributed by atoms with E-state index in [4.69, 9.17) is 0 Å². The van der Waals surface area contributed by atoms with Gasteiger partial charge in [-0.1, -0.05) is 12.1 Å². The van der Waals surface area contributed by atoms with Crippen LogP contribution in [0, 0.1) is 0 Å². The largest absolute Gasteiger partial charge is 0.326 e. The van der Waals surface area contributed by atoms with Gasteiger partial charge in [-0.05, 0) is 26.0 Å². The first kappa shape index (κ1) is 11.4. The second-order valence-electron chi connectivity index (χ2n) is 4.32. The number of benzene rings is 1. The fourth-order valence-electron chi connectivity index (χ4n) is 1.78. The van der Waals surface area contributed by atoms with Crippen LogP contribution in [0.2, 0.25) is 0 Å². The molecule has 17 heavy (non-hydrogen) atoms. The molecule has 0 saturated heterocycles. The Kier molecular flexibility index (Phi) is 2.34. The van der Waals surface area contributed by atoms with Crippen molar-refractivity contribution in [3.05, 3.63) is 35.4 Å². The van der Waals surface area contributed by atoms with Gasteiger partial charge >= 0.3 is 6.04 Å². The Morgan fingerprint density at radius 1 is 1.12 bits per heavy atom. The lowest BCUT2D eigenvalue weighted by atomic mass is 10.0. The fourth-order valence-corrected chi connectivity index (χ4v) is 1.78. The van der Waals surface area contributed by atoms with E-state index in [1.807, 2.05) is 0 Å². The lowest BCUT2D eigenvalue weighted by Crippen LogP contribution is -2.51. The van der Waals surface area contributed by atoms with Gasteiger partial charge in [-0.3, -0.25) is 19.3 Å². The third-order valence-corrected chi connectivity index (χ3v) is 2.83. The van der Waals surface area contributed by atoms with Crippen LogP contribution in [-0.2, 0) is 4.79 Å². The molecule has 1 aromatic rings. The molecule has 1 aromatic carbocycles. The molecule has 0 bridgehead atoms. The van der Waals surface area contributed by atoms with Crippen LogP contribution in [0.1, 0.15) is 34.6 Å². The maximum Gasteiger partial charge on any atom is 0.326 e. The highest BCUT2D eigenvalue weighted by Gasteiger charge is 2.48. The van der Waals surface area contributed by atoms with E-state index in [-0.39, 0.29) is 11.1 Å². The van der Waals surface area contributed by atoms with Crippen molar-refractivity contribution in [2.75, 3.05) is 0 Å². The van der Waals surface area contributed by atoms with Crippen molar-refractivity contribution in [2.45, 2.75) is 19.4 Å². The Morgan fingerprint density at radius 3 is 1.88 bits per heavy atom. The summed E-state index contributed by atoms with van der Waals surface area (Å²) < 4.78 is 12.9. The minimum atomic E-state index is -1.77. The van der Waals surface area contributed by atoms with Gasteiger partial charge in [-0.2, -0.15) is 4.39 Å². The molecule has 0 aliphatic carbocycles. The van der Waals surface area contributed by atoms with Crippen LogP contribution in [-0.4, -0.2) is 28.3 Å². The number of fused-ring (bicyclic) bond motifs is 1.